The summed E-state index contributed by atoms with van der Waals surface area (Å²) >= 11 is 5.93. The summed E-state index contributed by atoms with van der Waals surface area (Å²) < 4.78 is 1.73. The number of piperidine rings is 1. The molecular weight excluding hydrogens is 324 g/mol. The zero-order valence-corrected chi connectivity index (χ0v) is 14.8. The molecule has 1 fully saturated rings. The van der Waals surface area contributed by atoms with Crippen molar-refractivity contribution in [1.82, 2.24) is 14.7 Å². The maximum Gasteiger partial charge on any atom is 0.257 e. The molecule has 1 aromatic carbocycles. The predicted molar refractivity (Wildman–Crippen MR) is 95.6 cm³/mol. The first-order chi connectivity index (χ1) is 11.5. The number of aromatic nitrogens is 2. The van der Waals surface area contributed by atoms with E-state index in [4.69, 9.17) is 17.3 Å². The van der Waals surface area contributed by atoms with Crippen molar-refractivity contribution in [2.75, 3.05) is 13.1 Å². The molecule has 5 nitrogen and oxygen atoms in total. The standard InChI is InChI=1S/C18H23ClN4O/c1-12(20)14-4-3-9-22(10-14)18(24)17-11-23(21-13(17)2)16-7-5-15(19)6-8-16/h5-8,11-12,14H,3-4,9-10,20H2,1-2H3/t12-,14+/m0/s1. The van der Waals surface area contributed by atoms with E-state index in [9.17, 15) is 4.79 Å². The van der Waals surface area contributed by atoms with Gasteiger partial charge in [0.25, 0.3) is 5.91 Å². The van der Waals surface area contributed by atoms with Crippen molar-refractivity contribution in [3.05, 3.63) is 46.7 Å². The molecule has 128 valence electrons. The Morgan fingerprint density at radius 2 is 2.08 bits per heavy atom. The first kappa shape index (κ1) is 17.0. The van der Waals surface area contributed by atoms with E-state index in [1.165, 1.54) is 0 Å². The van der Waals surface area contributed by atoms with E-state index in [0.717, 1.165) is 37.3 Å². The largest absolute Gasteiger partial charge is 0.338 e. The average molecular weight is 347 g/mol. The number of nitrogens with two attached hydrogens (primary N) is 1. The van der Waals surface area contributed by atoms with Crippen LogP contribution in [-0.4, -0.2) is 39.7 Å². The van der Waals surface area contributed by atoms with Crippen molar-refractivity contribution < 1.29 is 4.79 Å². The lowest BCUT2D eigenvalue weighted by molar-refractivity contribution is 0.0660. The Bertz CT molecular complexity index is 723. The molecule has 2 heterocycles. The van der Waals surface area contributed by atoms with E-state index in [1.807, 2.05) is 43.0 Å². The minimum absolute atomic E-state index is 0.0399. The van der Waals surface area contributed by atoms with Crippen LogP contribution in [0.25, 0.3) is 5.69 Å². The molecular formula is C18H23ClN4O. The highest BCUT2D eigenvalue weighted by atomic mass is 35.5. The molecule has 1 aliphatic heterocycles. The molecule has 0 radical (unpaired) electrons. The number of hydrogen-bond acceptors (Lipinski definition) is 3. The number of carbonyl (C=O) groups excluding carboxylic acids is 1. The number of likely N-dealkylation sites (tertiary alicyclic amines) is 1. The molecule has 3 rings (SSSR count). The van der Waals surface area contributed by atoms with Crippen molar-refractivity contribution >= 4 is 17.5 Å². The van der Waals surface area contributed by atoms with Gasteiger partial charge >= 0.3 is 0 Å². The minimum Gasteiger partial charge on any atom is -0.338 e. The average Bonchev–Trinajstić information content (AvgIpc) is 2.96. The van der Waals surface area contributed by atoms with Crippen LogP contribution in [0.15, 0.2) is 30.5 Å². The number of carbonyl (C=O) groups is 1. The van der Waals surface area contributed by atoms with Gasteiger partial charge < -0.3 is 10.6 Å². The van der Waals surface area contributed by atoms with E-state index in [2.05, 4.69) is 5.10 Å². The summed E-state index contributed by atoms with van der Waals surface area (Å²) in [7, 11) is 0. The summed E-state index contributed by atoms with van der Waals surface area (Å²) in [4.78, 5) is 14.8. The Labute approximate surface area is 147 Å². The van der Waals surface area contributed by atoms with Gasteiger partial charge in [0.05, 0.1) is 16.9 Å². The fraction of sp³-hybridized carbons (Fsp3) is 0.444. The summed E-state index contributed by atoms with van der Waals surface area (Å²) in [5, 5.41) is 5.16. The highest BCUT2D eigenvalue weighted by molar-refractivity contribution is 6.30. The van der Waals surface area contributed by atoms with Gasteiger partial charge in [0.2, 0.25) is 0 Å². The molecule has 1 amide bonds. The topological polar surface area (TPSA) is 64.2 Å². The van der Waals surface area contributed by atoms with Crippen LogP contribution in [0.5, 0.6) is 0 Å². The number of benzene rings is 1. The number of rotatable bonds is 3. The van der Waals surface area contributed by atoms with Gasteiger partial charge in [0, 0.05) is 30.4 Å². The Kier molecular flexibility index (Phi) is 4.92. The molecule has 0 spiro atoms. The third-order valence-corrected chi connectivity index (χ3v) is 4.96. The molecule has 0 bridgehead atoms. The van der Waals surface area contributed by atoms with Crippen LogP contribution in [-0.2, 0) is 0 Å². The number of nitrogens with zero attached hydrogens (tertiary/aromatic N) is 3. The normalized spacial score (nSPS) is 19.3. The van der Waals surface area contributed by atoms with E-state index in [0.29, 0.717) is 16.5 Å². The van der Waals surface area contributed by atoms with Crippen LogP contribution in [0.3, 0.4) is 0 Å². The Morgan fingerprint density at radius 1 is 1.38 bits per heavy atom. The lowest BCUT2D eigenvalue weighted by Gasteiger charge is -2.34. The molecule has 0 saturated carbocycles. The van der Waals surface area contributed by atoms with Crippen LogP contribution >= 0.6 is 11.6 Å². The molecule has 0 unspecified atom stereocenters. The molecule has 2 atom stereocenters. The second kappa shape index (κ2) is 6.95. The van der Waals surface area contributed by atoms with E-state index in [1.54, 1.807) is 10.9 Å². The van der Waals surface area contributed by atoms with Gasteiger partial charge in [-0.25, -0.2) is 4.68 Å². The number of amides is 1. The van der Waals surface area contributed by atoms with Crippen LogP contribution in [0, 0.1) is 12.8 Å². The summed E-state index contributed by atoms with van der Waals surface area (Å²) in [6.07, 6.45) is 3.89. The van der Waals surface area contributed by atoms with Crippen molar-refractivity contribution in [2.24, 2.45) is 11.7 Å². The molecule has 6 heteroatoms. The maximum absolute atomic E-state index is 12.9. The number of aryl methyl sites for hydroxylation is 1. The van der Waals surface area contributed by atoms with Gasteiger partial charge in [-0.15, -0.1) is 0 Å². The lowest BCUT2D eigenvalue weighted by Crippen LogP contribution is -2.45. The van der Waals surface area contributed by atoms with Gasteiger partial charge in [-0.2, -0.15) is 5.10 Å². The van der Waals surface area contributed by atoms with Crippen LogP contribution in [0.2, 0.25) is 5.02 Å². The second-order valence-corrected chi connectivity index (χ2v) is 7.00. The summed E-state index contributed by atoms with van der Waals surface area (Å²) in [6, 6.07) is 7.51. The van der Waals surface area contributed by atoms with Gasteiger partial charge in [0.15, 0.2) is 0 Å². The van der Waals surface area contributed by atoms with Crippen molar-refractivity contribution in [1.29, 1.82) is 0 Å². The monoisotopic (exact) mass is 346 g/mol. The highest BCUT2D eigenvalue weighted by Gasteiger charge is 2.28. The van der Waals surface area contributed by atoms with Gasteiger partial charge in [-0.3, -0.25) is 4.79 Å². The molecule has 2 aromatic rings. The SMILES string of the molecule is Cc1nn(-c2ccc(Cl)cc2)cc1C(=O)N1CCC[C@@H]([C@H](C)N)C1. The van der Waals surface area contributed by atoms with E-state index < -0.39 is 0 Å². The molecule has 1 aliphatic rings. The van der Waals surface area contributed by atoms with Crippen LogP contribution in [0.4, 0.5) is 0 Å². The first-order valence-electron chi connectivity index (χ1n) is 8.33. The van der Waals surface area contributed by atoms with Crippen LogP contribution < -0.4 is 5.73 Å². The Hall–Kier alpha value is -1.85. The van der Waals surface area contributed by atoms with Gasteiger partial charge in [-0.05, 0) is 56.9 Å². The first-order valence-corrected chi connectivity index (χ1v) is 8.70. The zero-order valence-electron chi connectivity index (χ0n) is 14.1. The second-order valence-electron chi connectivity index (χ2n) is 6.56. The molecule has 1 saturated heterocycles. The smallest absolute Gasteiger partial charge is 0.257 e. The maximum atomic E-state index is 12.9. The third-order valence-electron chi connectivity index (χ3n) is 4.71. The minimum atomic E-state index is 0.0399. The number of hydrogen-bond donors (Lipinski definition) is 1. The Balaban J connectivity index is 1.81. The summed E-state index contributed by atoms with van der Waals surface area (Å²) in [5.74, 6) is 0.410. The van der Waals surface area contributed by atoms with Crippen LogP contribution in [0.1, 0.15) is 35.8 Å². The fourth-order valence-corrected chi connectivity index (χ4v) is 3.32. The van der Waals surface area contributed by atoms with E-state index in [-0.39, 0.29) is 11.9 Å². The molecule has 1 aromatic heterocycles. The van der Waals surface area contributed by atoms with Gasteiger partial charge in [0.1, 0.15) is 0 Å². The zero-order chi connectivity index (χ0) is 17.3. The predicted octanol–water partition coefficient (Wildman–Crippen LogP) is 3.03. The highest BCUT2D eigenvalue weighted by Crippen LogP contribution is 2.22. The quantitative estimate of drug-likeness (QED) is 0.929. The van der Waals surface area contributed by atoms with Crippen molar-refractivity contribution in [3.63, 3.8) is 0 Å². The van der Waals surface area contributed by atoms with E-state index >= 15 is 0 Å². The summed E-state index contributed by atoms with van der Waals surface area (Å²) in [5.41, 5.74) is 8.29. The molecule has 0 aliphatic carbocycles. The van der Waals surface area contributed by atoms with Crippen molar-refractivity contribution in [3.8, 4) is 5.69 Å². The Morgan fingerprint density at radius 3 is 2.75 bits per heavy atom. The molecule has 2 N–H and O–H groups in total. The molecule has 24 heavy (non-hydrogen) atoms. The van der Waals surface area contributed by atoms with Gasteiger partial charge in [-0.1, -0.05) is 11.6 Å². The summed E-state index contributed by atoms with van der Waals surface area (Å²) in [6.45, 7) is 5.39. The lowest BCUT2D eigenvalue weighted by atomic mass is 9.92. The number of halogens is 1. The third kappa shape index (κ3) is 3.47. The fourth-order valence-electron chi connectivity index (χ4n) is 3.19. The van der Waals surface area contributed by atoms with Crippen molar-refractivity contribution in [2.45, 2.75) is 32.7 Å².